The van der Waals surface area contributed by atoms with E-state index in [0.717, 1.165) is 0 Å². The number of aliphatic hydroxyl groups is 23. The molecule has 36 heteroatoms. The van der Waals surface area contributed by atoms with E-state index in [1.54, 1.807) is 0 Å². The van der Waals surface area contributed by atoms with Crippen LogP contribution in [0.1, 0.15) is 0 Å². The van der Waals surface area contributed by atoms with Gasteiger partial charge in [-0.1, -0.05) is 0 Å². The molecule has 0 bridgehead atoms. The molecule has 7 saturated heterocycles. The SMILES string of the molecule is OC[C@H]1O[C@H](O[C@H]2[C@H](O)[C@@H](O)[C@@H](O[C@H]3[C@H](O)[C@@H](O)[C@@H](O[C@H]4[C@H](O)[C@@H](O)[C@@H](O[C@H]5[C@H](O)[C@@H](O)[C@@H](O[C@H]6[C@H](O)[C@@H](O)[C@@H](O[C@H]7[C@H](O)[C@@H](O)[C@H](O)O[C@@H]7CO)O[C@@H]6CO)O[C@@H]5CO)O[C@@H]4CO)O[C@@H]3CO)O[C@@H]2CO)[C@H](O)[C@@H](O)[C@@H]1O. The highest BCUT2D eigenvalue weighted by molar-refractivity contribution is 5.01. The third-order valence-electron chi connectivity index (χ3n) is 14.5. The zero-order valence-corrected chi connectivity index (χ0v) is 40.8. The Labute approximate surface area is 439 Å². The fraction of sp³-hybridized carbons (Fsp3) is 1.00. The standard InChI is InChI=1S/C42H72O36/c43-1-8-15(50)16(51)24(59)37(67-8)74-31-10(3-45)69-39(26(61)18(31)53)76-33-12(5-47)71-41(28(63)20(33)55)78-35-14(7-49)72-42(29(64)22(35)57)77-34-13(6-48)70-40(27(62)21(34)56)75-32-11(4-46)68-38(25(60)19(32)54)73-30-9(2-44)66-36(65)23(58)17(30)52/h8-65H,1-7H2/t8-,9-,10-,11-,12-,13-,14-,15-,16+,17-,18-,19-,20-,21-,22-,23-,24-,25-,26-,27-,28-,29-,30-,31-,32-,33-,34-,35-,36-,37-,38-,39-,40-,41-,42-/m1/s1. The second kappa shape index (κ2) is 27.5. The van der Waals surface area contributed by atoms with Crippen molar-refractivity contribution in [3.05, 3.63) is 0 Å². The number of ether oxygens (including phenoxy) is 13. The second-order valence-electron chi connectivity index (χ2n) is 19.6. The smallest absolute Gasteiger partial charge is 0.187 e. The monoisotopic (exact) mass is 1150 g/mol. The van der Waals surface area contributed by atoms with Crippen molar-refractivity contribution in [3.63, 3.8) is 0 Å². The molecule has 0 spiro atoms. The van der Waals surface area contributed by atoms with Crippen molar-refractivity contribution in [1.29, 1.82) is 0 Å². The number of rotatable bonds is 19. The Morgan fingerprint density at radius 2 is 0.372 bits per heavy atom. The van der Waals surface area contributed by atoms with E-state index in [9.17, 15) is 117 Å². The first-order valence-electron chi connectivity index (χ1n) is 24.7. The van der Waals surface area contributed by atoms with E-state index in [-0.39, 0.29) is 0 Å². The molecule has 0 aliphatic carbocycles. The summed E-state index contributed by atoms with van der Waals surface area (Å²) >= 11 is 0. The number of hydrogen-bond donors (Lipinski definition) is 23. The molecule has 23 N–H and O–H groups in total. The van der Waals surface area contributed by atoms with E-state index >= 15 is 0 Å². The average Bonchev–Trinajstić information content (AvgIpc) is 3.44. The summed E-state index contributed by atoms with van der Waals surface area (Å²) in [5, 5.41) is 243. The van der Waals surface area contributed by atoms with Gasteiger partial charge in [0.1, 0.15) is 171 Å². The van der Waals surface area contributed by atoms with Crippen LogP contribution >= 0.6 is 0 Å². The van der Waals surface area contributed by atoms with Gasteiger partial charge in [-0.3, -0.25) is 0 Å². The van der Waals surface area contributed by atoms with Gasteiger partial charge in [-0.05, 0) is 0 Å². The van der Waals surface area contributed by atoms with Gasteiger partial charge < -0.3 is 179 Å². The Balaban J connectivity index is 0.947. The molecule has 0 aromatic carbocycles. The summed E-state index contributed by atoms with van der Waals surface area (Å²) in [5.74, 6) is 0. The predicted octanol–water partition coefficient (Wildman–Crippen LogP) is -16.3. The molecule has 78 heavy (non-hydrogen) atoms. The number of hydrogen-bond acceptors (Lipinski definition) is 36. The molecule has 35 atom stereocenters. The highest BCUT2D eigenvalue weighted by Gasteiger charge is 2.58. The highest BCUT2D eigenvalue weighted by Crippen LogP contribution is 2.37. The van der Waals surface area contributed by atoms with Crippen LogP contribution in [0.4, 0.5) is 0 Å². The average molecular weight is 1150 g/mol. The molecule has 0 saturated carbocycles. The fourth-order valence-corrected chi connectivity index (χ4v) is 10.0. The first kappa shape index (κ1) is 64.1. The lowest BCUT2D eigenvalue weighted by atomic mass is 9.95. The molecule has 456 valence electrons. The van der Waals surface area contributed by atoms with Crippen molar-refractivity contribution in [2.75, 3.05) is 46.2 Å². The molecule has 7 aliphatic heterocycles. The Bertz CT molecular complexity index is 1810. The fourth-order valence-electron chi connectivity index (χ4n) is 10.0. The Hall–Kier alpha value is -1.44. The van der Waals surface area contributed by atoms with Crippen LogP contribution in [0.3, 0.4) is 0 Å². The molecular weight excluding hydrogens is 1080 g/mol. The van der Waals surface area contributed by atoms with Crippen molar-refractivity contribution in [2.24, 2.45) is 0 Å². The minimum absolute atomic E-state index is 0.843. The lowest BCUT2D eigenvalue weighted by molar-refractivity contribution is -0.398. The Kier molecular flexibility index (Phi) is 22.6. The first-order chi connectivity index (χ1) is 37.0. The van der Waals surface area contributed by atoms with E-state index in [1.807, 2.05) is 0 Å². The van der Waals surface area contributed by atoms with Crippen LogP contribution in [0, 0.1) is 0 Å². The summed E-state index contributed by atoms with van der Waals surface area (Å²) in [5.41, 5.74) is 0. The second-order valence-corrected chi connectivity index (χ2v) is 19.6. The lowest BCUT2D eigenvalue weighted by Gasteiger charge is -2.50. The van der Waals surface area contributed by atoms with Gasteiger partial charge in [0.05, 0.1) is 46.2 Å². The largest absolute Gasteiger partial charge is 0.394 e. The van der Waals surface area contributed by atoms with Crippen molar-refractivity contribution in [3.8, 4) is 0 Å². The molecule has 0 unspecified atom stereocenters. The van der Waals surface area contributed by atoms with Gasteiger partial charge in [0, 0.05) is 0 Å². The molecule has 0 aromatic rings. The highest BCUT2D eigenvalue weighted by atomic mass is 16.8. The van der Waals surface area contributed by atoms with Crippen molar-refractivity contribution >= 4 is 0 Å². The summed E-state index contributed by atoms with van der Waals surface area (Å²) in [6.45, 7) is -6.86. The molecule has 7 rings (SSSR count). The summed E-state index contributed by atoms with van der Waals surface area (Å²) in [4.78, 5) is 0. The predicted molar refractivity (Wildman–Crippen MR) is 232 cm³/mol. The molecule has 7 fully saturated rings. The van der Waals surface area contributed by atoms with Gasteiger partial charge in [-0.15, -0.1) is 0 Å². The minimum atomic E-state index is -2.23. The van der Waals surface area contributed by atoms with E-state index < -0.39 is 261 Å². The van der Waals surface area contributed by atoms with Crippen LogP contribution < -0.4 is 0 Å². The molecule has 7 heterocycles. The summed E-state index contributed by atoms with van der Waals surface area (Å²) in [6.07, 6.45) is -67.4. The zero-order chi connectivity index (χ0) is 57.3. The van der Waals surface area contributed by atoms with Gasteiger partial charge in [0.2, 0.25) is 0 Å². The Morgan fingerprint density at radius 3 is 0.590 bits per heavy atom. The maximum Gasteiger partial charge on any atom is 0.187 e. The van der Waals surface area contributed by atoms with Crippen molar-refractivity contribution in [1.82, 2.24) is 0 Å². The van der Waals surface area contributed by atoms with Crippen LogP contribution in [-0.2, 0) is 61.6 Å². The topological polar surface area (TPSA) is 585 Å². The van der Waals surface area contributed by atoms with Gasteiger partial charge in [-0.25, -0.2) is 0 Å². The van der Waals surface area contributed by atoms with Crippen LogP contribution in [0.5, 0.6) is 0 Å². The molecule has 0 radical (unpaired) electrons. The quantitative estimate of drug-likeness (QED) is 0.0571. The number of aliphatic hydroxyl groups excluding tert-OH is 23. The minimum Gasteiger partial charge on any atom is -0.394 e. The Morgan fingerprint density at radius 1 is 0.192 bits per heavy atom. The van der Waals surface area contributed by atoms with Crippen LogP contribution in [0.2, 0.25) is 0 Å². The van der Waals surface area contributed by atoms with Gasteiger partial charge in [-0.2, -0.15) is 0 Å². The van der Waals surface area contributed by atoms with E-state index in [0.29, 0.717) is 0 Å². The molecule has 36 nitrogen and oxygen atoms in total. The zero-order valence-electron chi connectivity index (χ0n) is 40.8. The molecule has 0 amide bonds. The van der Waals surface area contributed by atoms with E-state index in [4.69, 9.17) is 61.6 Å². The molecule has 7 aliphatic rings. The van der Waals surface area contributed by atoms with E-state index in [1.165, 1.54) is 0 Å². The first-order valence-corrected chi connectivity index (χ1v) is 24.7. The third kappa shape index (κ3) is 12.9. The third-order valence-corrected chi connectivity index (χ3v) is 14.5. The van der Waals surface area contributed by atoms with Crippen LogP contribution in [0.25, 0.3) is 0 Å². The van der Waals surface area contributed by atoms with Gasteiger partial charge in [0.15, 0.2) is 44.0 Å². The molecular formula is C42H72O36. The summed E-state index contributed by atoms with van der Waals surface area (Å²) in [7, 11) is 0. The molecule has 0 aromatic heterocycles. The summed E-state index contributed by atoms with van der Waals surface area (Å²) in [6, 6.07) is 0. The maximum atomic E-state index is 11.3. The van der Waals surface area contributed by atoms with E-state index in [2.05, 4.69) is 0 Å². The van der Waals surface area contributed by atoms with Gasteiger partial charge in [0.25, 0.3) is 0 Å². The van der Waals surface area contributed by atoms with Crippen LogP contribution in [0.15, 0.2) is 0 Å². The van der Waals surface area contributed by atoms with Crippen molar-refractivity contribution < 1.29 is 179 Å². The van der Waals surface area contributed by atoms with Crippen molar-refractivity contribution in [2.45, 2.75) is 215 Å². The lowest BCUT2D eigenvalue weighted by Crippen LogP contribution is -2.68. The summed E-state index contributed by atoms with van der Waals surface area (Å²) < 4.78 is 71.9. The van der Waals surface area contributed by atoms with Gasteiger partial charge >= 0.3 is 0 Å². The normalized spacial score (nSPS) is 53.5. The maximum absolute atomic E-state index is 11.3. The van der Waals surface area contributed by atoms with Crippen LogP contribution in [-0.4, -0.2) is 379 Å².